The SMILES string of the molecule is CSc1ncc(C(=O)N(C)C(C)Cc2ccccn2)cn1. The molecule has 0 N–H and O–H groups in total. The Hall–Kier alpha value is -1.95. The highest BCUT2D eigenvalue weighted by Crippen LogP contribution is 2.11. The first kappa shape index (κ1) is 15.4. The molecule has 0 radical (unpaired) electrons. The largest absolute Gasteiger partial charge is 0.339 e. The van der Waals surface area contributed by atoms with Gasteiger partial charge in [-0.1, -0.05) is 17.8 Å². The summed E-state index contributed by atoms with van der Waals surface area (Å²) in [7, 11) is 1.79. The van der Waals surface area contributed by atoms with Gasteiger partial charge in [0.1, 0.15) is 0 Å². The number of nitrogens with zero attached hydrogens (tertiary/aromatic N) is 4. The first-order valence-electron chi connectivity index (χ1n) is 6.65. The van der Waals surface area contributed by atoms with Crippen LogP contribution in [-0.4, -0.2) is 45.1 Å². The lowest BCUT2D eigenvalue weighted by molar-refractivity contribution is 0.0742. The van der Waals surface area contributed by atoms with Crippen molar-refractivity contribution in [1.29, 1.82) is 0 Å². The predicted octanol–water partition coefficient (Wildman–Crippen LogP) is 2.30. The molecular formula is C15H18N4OS. The van der Waals surface area contributed by atoms with Crippen molar-refractivity contribution in [2.75, 3.05) is 13.3 Å². The molecule has 2 aromatic rings. The van der Waals surface area contributed by atoms with E-state index in [0.29, 0.717) is 17.1 Å². The second-order valence-electron chi connectivity index (χ2n) is 4.75. The van der Waals surface area contributed by atoms with Gasteiger partial charge in [-0.25, -0.2) is 9.97 Å². The zero-order valence-corrected chi connectivity index (χ0v) is 13.2. The van der Waals surface area contributed by atoms with Crippen LogP contribution in [0.3, 0.4) is 0 Å². The number of amides is 1. The van der Waals surface area contributed by atoms with Gasteiger partial charge in [-0.15, -0.1) is 0 Å². The van der Waals surface area contributed by atoms with E-state index >= 15 is 0 Å². The van der Waals surface area contributed by atoms with E-state index < -0.39 is 0 Å². The molecule has 0 fully saturated rings. The Kier molecular flexibility index (Phi) is 5.27. The summed E-state index contributed by atoms with van der Waals surface area (Å²) in [5.41, 5.74) is 1.47. The molecule has 5 nitrogen and oxygen atoms in total. The van der Waals surface area contributed by atoms with Gasteiger partial charge >= 0.3 is 0 Å². The molecule has 0 aliphatic carbocycles. The number of pyridine rings is 1. The third-order valence-corrected chi connectivity index (χ3v) is 3.85. The molecule has 0 aliphatic rings. The van der Waals surface area contributed by atoms with Crippen LogP contribution in [0.4, 0.5) is 0 Å². The molecular weight excluding hydrogens is 284 g/mol. The fourth-order valence-corrected chi connectivity index (χ4v) is 2.21. The Labute approximate surface area is 128 Å². The minimum absolute atomic E-state index is 0.0487. The number of aromatic nitrogens is 3. The standard InChI is InChI=1S/C15H18N4OS/c1-11(8-13-6-4-5-7-16-13)19(2)14(20)12-9-17-15(21-3)18-10-12/h4-7,9-11H,8H2,1-3H3. The molecule has 1 atom stereocenters. The van der Waals surface area contributed by atoms with E-state index in [1.54, 1.807) is 30.5 Å². The van der Waals surface area contributed by atoms with Crippen LogP contribution < -0.4 is 0 Å². The zero-order valence-electron chi connectivity index (χ0n) is 12.4. The number of carbonyl (C=O) groups is 1. The summed E-state index contributed by atoms with van der Waals surface area (Å²) in [6, 6.07) is 5.85. The summed E-state index contributed by atoms with van der Waals surface area (Å²) in [5, 5.41) is 0.663. The smallest absolute Gasteiger partial charge is 0.256 e. The fraction of sp³-hybridized carbons (Fsp3) is 0.333. The van der Waals surface area contributed by atoms with Gasteiger partial charge in [-0.05, 0) is 25.3 Å². The molecule has 0 aromatic carbocycles. The summed E-state index contributed by atoms with van der Waals surface area (Å²) in [5.74, 6) is -0.0777. The lowest BCUT2D eigenvalue weighted by atomic mass is 10.1. The topological polar surface area (TPSA) is 59.0 Å². The van der Waals surface area contributed by atoms with E-state index in [1.165, 1.54) is 11.8 Å². The highest BCUT2D eigenvalue weighted by molar-refractivity contribution is 7.98. The predicted molar refractivity (Wildman–Crippen MR) is 83.3 cm³/mol. The van der Waals surface area contributed by atoms with E-state index in [2.05, 4.69) is 15.0 Å². The second kappa shape index (κ2) is 7.17. The molecule has 0 saturated heterocycles. The van der Waals surface area contributed by atoms with Crippen LogP contribution in [0, 0.1) is 0 Å². The van der Waals surface area contributed by atoms with Gasteiger partial charge in [-0.3, -0.25) is 9.78 Å². The summed E-state index contributed by atoms with van der Waals surface area (Å²) >= 11 is 1.45. The van der Waals surface area contributed by atoms with Crippen molar-refractivity contribution in [3.8, 4) is 0 Å². The number of carbonyl (C=O) groups excluding carboxylic acids is 1. The van der Waals surface area contributed by atoms with Gasteiger partial charge in [-0.2, -0.15) is 0 Å². The molecule has 1 unspecified atom stereocenters. The summed E-state index contributed by atoms with van der Waals surface area (Å²) in [4.78, 5) is 26.7. The first-order chi connectivity index (χ1) is 10.1. The Morgan fingerprint density at radius 3 is 2.57 bits per heavy atom. The number of rotatable bonds is 5. The van der Waals surface area contributed by atoms with Crippen LogP contribution in [0.25, 0.3) is 0 Å². The Morgan fingerprint density at radius 2 is 2.00 bits per heavy atom. The number of hydrogen-bond donors (Lipinski definition) is 0. The van der Waals surface area contributed by atoms with Gasteiger partial charge in [0, 0.05) is 43.8 Å². The van der Waals surface area contributed by atoms with Gasteiger partial charge < -0.3 is 4.90 Å². The molecule has 0 bridgehead atoms. The van der Waals surface area contributed by atoms with Crippen LogP contribution in [0.2, 0.25) is 0 Å². The molecule has 110 valence electrons. The maximum absolute atomic E-state index is 12.4. The van der Waals surface area contributed by atoms with E-state index in [0.717, 1.165) is 5.69 Å². The van der Waals surface area contributed by atoms with Crippen LogP contribution in [-0.2, 0) is 6.42 Å². The number of thioether (sulfide) groups is 1. The quantitative estimate of drug-likeness (QED) is 0.626. The third-order valence-electron chi connectivity index (χ3n) is 3.27. The lowest BCUT2D eigenvalue weighted by Crippen LogP contribution is -2.36. The van der Waals surface area contributed by atoms with Gasteiger partial charge in [0.2, 0.25) is 0 Å². The molecule has 2 heterocycles. The van der Waals surface area contributed by atoms with Crippen LogP contribution in [0.1, 0.15) is 23.0 Å². The van der Waals surface area contributed by atoms with Crippen LogP contribution in [0.15, 0.2) is 41.9 Å². The van der Waals surface area contributed by atoms with E-state index in [1.807, 2.05) is 31.4 Å². The van der Waals surface area contributed by atoms with Crippen LogP contribution in [0.5, 0.6) is 0 Å². The number of hydrogen-bond acceptors (Lipinski definition) is 5. The maximum atomic E-state index is 12.4. The Bertz CT molecular complexity index is 588. The Balaban J connectivity index is 2.03. The number of likely N-dealkylation sites (N-methyl/N-ethyl adjacent to an activating group) is 1. The maximum Gasteiger partial charge on any atom is 0.256 e. The highest BCUT2D eigenvalue weighted by Gasteiger charge is 2.18. The highest BCUT2D eigenvalue weighted by atomic mass is 32.2. The average molecular weight is 302 g/mol. The normalized spacial score (nSPS) is 12.0. The molecule has 2 rings (SSSR count). The van der Waals surface area contributed by atoms with Crippen molar-refractivity contribution in [1.82, 2.24) is 19.9 Å². The van der Waals surface area contributed by atoms with Gasteiger partial charge in [0.15, 0.2) is 5.16 Å². The summed E-state index contributed by atoms with van der Waals surface area (Å²) in [6.45, 7) is 2.00. The fourth-order valence-electron chi connectivity index (χ4n) is 1.89. The first-order valence-corrected chi connectivity index (χ1v) is 7.87. The molecule has 0 aliphatic heterocycles. The van der Waals surface area contributed by atoms with Crippen molar-refractivity contribution >= 4 is 17.7 Å². The van der Waals surface area contributed by atoms with Crippen molar-refractivity contribution in [2.24, 2.45) is 0 Å². The van der Waals surface area contributed by atoms with Crippen molar-refractivity contribution in [3.63, 3.8) is 0 Å². The minimum atomic E-state index is -0.0777. The van der Waals surface area contributed by atoms with Crippen molar-refractivity contribution in [3.05, 3.63) is 48.0 Å². The Morgan fingerprint density at radius 1 is 1.29 bits per heavy atom. The van der Waals surface area contributed by atoms with E-state index in [4.69, 9.17) is 0 Å². The van der Waals surface area contributed by atoms with Crippen molar-refractivity contribution in [2.45, 2.75) is 24.5 Å². The summed E-state index contributed by atoms with van der Waals surface area (Å²) in [6.07, 6.45) is 7.53. The molecule has 21 heavy (non-hydrogen) atoms. The molecule has 0 saturated carbocycles. The third kappa shape index (κ3) is 4.01. The summed E-state index contributed by atoms with van der Waals surface area (Å²) < 4.78 is 0. The van der Waals surface area contributed by atoms with E-state index in [9.17, 15) is 4.79 Å². The molecule has 1 amide bonds. The minimum Gasteiger partial charge on any atom is -0.339 e. The van der Waals surface area contributed by atoms with Crippen LogP contribution >= 0.6 is 11.8 Å². The average Bonchev–Trinajstić information content (AvgIpc) is 2.54. The van der Waals surface area contributed by atoms with Crippen molar-refractivity contribution < 1.29 is 4.79 Å². The monoisotopic (exact) mass is 302 g/mol. The molecule has 2 aromatic heterocycles. The lowest BCUT2D eigenvalue weighted by Gasteiger charge is -2.24. The zero-order chi connectivity index (χ0) is 15.2. The van der Waals surface area contributed by atoms with Gasteiger partial charge in [0.25, 0.3) is 5.91 Å². The molecule has 0 spiro atoms. The molecule has 6 heteroatoms. The van der Waals surface area contributed by atoms with Gasteiger partial charge in [0.05, 0.1) is 5.56 Å². The van der Waals surface area contributed by atoms with E-state index in [-0.39, 0.29) is 11.9 Å². The second-order valence-corrected chi connectivity index (χ2v) is 5.52.